The van der Waals surface area contributed by atoms with Gasteiger partial charge in [-0.25, -0.2) is 4.79 Å². The smallest absolute Gasteiger partial charge is 0.496 e. The molecule has 5 heteroatoms. The summed E-state index contributed by atoms with van der Waals surface area (Å²) in [7, 11) is 3.09. The number of benzene rings is 2. The van der Waals surface area contributed by atoms with Crippen molar-refractivity contribution >= 4 is 16.9 Å². The molecule has 0 saturated heterocycles. The van der Waals surface area contributed by atoms with Crippen LogP contribution in [0.4, 0.5) is 4.79 Å². The first kappa shape index (κ1) is 15.0. The van der Waals surface area contributed by atoms with Gasteiger partial charge >= 0.3 is 6.16 Å². The molecule has 0 saturated carbocycles. The maximum absolute atomic E-state index is 11.7. The van der Waals surface area contributed by atoms with Crippen molar-refractivity contribution in [3.8, 4) is 17.2 Å². The van der Waals surface area contributed by atoms with Crippen LogP contribution in [0, 0.1) is 0 Å². The van der Waals surface area contributed by atoms with Gasteiger partial charge in [0, 0.05) is 16.8 Å². The van der Waals surface area contributed by atoms with E-state index in [4.69, 9.17) is 18.9 Å². The van der Waals surface area contributed by atoms with Crippen LogP contribution in [0.3, 0.4) is 0 Å². The number of ether oxygens (including phenoxy) is 4. The van der Waals surface area contributed by atoms with Crippen LogP contribution in [-0.2, 0) is 4.74 Å². The van der Waals surface area contributed by atoms with E-state index in [1.54, 1.807) is 13.2 Å². The number of methoxy groups -OCH3 is 2. The Morgan fingerprint density at radius 3 is 2.33 bits per heavy atom. The van der Waals surface area contributed by atoms with Gasteiger partial charge in [0.25, 0.3) is 0 Å². The predicted molar refractivity (Wildman–Crippen MR) is 79.3 cm³/mol. The van der Waals surface area contributed by atoms with Crippen LogP contribution in [-0.4, -0.2) is 27.0 Å². The highest BCUT2D eigenvalue weighted by Crippen LogP contribution is 2.41. The number of carbonyl (C=O) groups excluding carboxylic acids is 1. The number of hydrogen-bond donors (Lipinski definition) is 0. The molecule has 0 radical (unpaired) electrons. The van der Waals surface area contributed by atoms with Crippen molar-refractivity contribution in [2.75, 3.05) is 20.8 Å². The largest absolute Gasteiger partial charge is 0.513 e. The van der Waals surface area contributed by atoms with Crippen LogP contribution >= 0.6 is 0 Å². The average molecular weight is 290 g/mol. The van der Waals surface area contributed by atoms with Gasteiger partial charge in [0.15, 0.2) is 11.5 Å². The van der Waals surface area contributed by atoms with Crippen LogP contribution in [0.2, 0.25) is 0 Å². The van der Waals surface area contributed by atoms with Gasteiger partial charge in [0.05, 0.1) is 20.8 Å². The van der Waals surface area contributed by atoms with E-state index in [0.717, 1.165) is 17.2 Å². The van der Waals surface area contributed by atoms with Crippen molar-refractivity contribution < 1.29 is 23.7 Å². The van der Waals surface area contributed by atoms with E-state index in [0.29, 0.717) is 23.9 Å². The van der Waals surface area contributed by atoms with Crippen molar-refractivity contribution in [2.45, 2.75) is 13.3 Å². The molecule has 2 rings (SSSR count). The zero-order valence-electron chi connectivity index (χ0n) is 12.3. The van der Waals surface area contributed by atoms with Gasteiger partial charge < -0.3 is 18.9 Å². The molecule has 0 fully saturated rings. The first-order chi connectivity index (χ1) is 10.2. The molecule has 0 spiro atoms. The van der Waals surface area contributed by atoms with E-state index >= 15 is 0 Å². The first-order valence-corrected chi connectivity index (χ1v) is 6.69. The molecule has 2 aromatic rings. The highest BCUT2D eigenvalue weighted by molar-refractivity contribution is 5.96. The lowest BCUT2D eigenvalue weighted by Crippen LogP contribution is -2.12. The maximum Gasteiger partial charge on any atom is 0.513 e. The summed E-state index contributed by atoms with van der Waals surface area (Å²) in [5.41, 5.74) is 0. The van der Waals surface area contributed by atoms with Crippen molar-refractivity contribution in [1.82, 2.24) is 0 Å². The monoisotopic (exact) mass is 290 g/mol. The topological polar surface area (TPSA) is 54.0 Å². The molecule has 0 N–H and O–H groups in total. The SMILES string of the molecule is CCCOC(=O)Oc1c(OC)cc(OC)c2ccccc12. The second-order valence-electron chi connectivity index (χ2n) is 4.36. The van der Waals surface area contributed by atoms with E-state index in [1.807, 2.05) is 31.2 Å². The molecule has 0 unspecified atom stereocenters. The zero-order valence-corrected chi connectivity index (χ0v) is 12.3. The molecule has 0 heterocycles. The van der Waals surface area contributed by atoms with Crippen LogP contribution in [0.15, 0.2) is 30.3 Å². The van der Waals surface area contributed by atoms with Gasteiger partial charge in [-0.1, -0.05) is 31.2 Å². The molecule has 0 atom stereocenters. The third kappa shape index (κ3) is 3.18. The van der Waals surface area contributed by atoms with E-state index in [2.05, 4.69) is 0 Å². The highest BCUT2D eigenvalue weighted by Gasteiger charge is 2.18. The molecular weight excluding hydrogens is 272 g/mol. The Labute approximate surface area is 123 Å². The van der Waals surface area contributed by atoms with Crippen LogP contribution in [0.25, 0.3) is 10.8 Å². The Morgan fingerprint density at radius 1 is 1.05 bits per heavy atom. The lowest BCUT2D eigenvalue weighted by Gasteiger charge is -2.14. The lowest BCUT2D eigenvalue weighted by atomic mass is 10.1. The molecule has 0 aliphatic rings. The van der Waals surface area contributed by atoms with Crippen molar-refractivity contribution in [3.05, 3.63) is 30.3 Å². The second kappa shape index (κ2) is 6.83. The van der Waals surface area contributed by atoms with Crippen LogP contribution in [0.1, 0.15) is 13.3 Å². The Bertz CT molecular complexity index is 636. The fourth-order valence-corrected chi connectivity index (χ4v) is 2.02. The lowest BCUT2D eigenvalue weighted by molar-refractivity contribution is 0.0985. The van der Waals surface area contributed by atoms with Crippen molar-refractivity contribution in [1.29, 1.82) is 0 Å². The second-order valence-corrected chi connectivity index (χ2v) is 4.36. The maximum atomic E-state index is 11.7. The quantitative estimate of drug-likeness (QED) is 0.619. The molecule has 0 bridgehead atoms. The Morgan fingerprint density at radius 2 is 1.71 bits per heavy atom. The first-order valence-electron chi connectivity index (χ1n) is 6.69. The molecule has 2 aromatic carbocycles. The van der Waals surface area contributed by atoms with E-state index < -0.39 is 6.16 Å². The summed E-state index contributed by atoms with van der Waals surface area (Å²) >= 11 is 0. The number of hydrogen-bond acceptors (Lipinski definition) is 5. The minimum atomic E-state index is -0.745. The third-order valence-electron chi connectivity index (χ3n) is 2.97. The molecule has 0 aliphatic carbocycles. The summed E-state index contributed by atoms with van der Waals surface area (Å²) in [6.45, 7) is 2.23. The summed E-state index contributed by atoms with van der Waals surface area (Å²) in [6.07, 6.45) is -0.0132. The fraction of sp³-hybridized carbons (Fsp3) is 0.312. The molecule has 0 aromatic heterocycles. The number of carbonyl (C=O) groups is 1. The van der Waals surface area contributed by atoms with Crippen molar-refractivity contribution in [3.63, 3.8) is 0 Å². The minimum absolute atomic E-state index is 0.315. The standard InChI is InChI=1S/C16H18O5/c1-4-9-20-16(17)21-15-12-8-6-5-7-11(12)13(18-2)10-14(15)19-3/h5-8,10H,4,9H2,1-3H3. The summed E-state index contributed by atoms with van der Waals surface area (Å²) < 4.78 is 20.9. The van der Waals surface area contributed by atoms with E-state index in [1.165, 1.54) is 7.11 Å². The van der Waals surface area contributed by atoms with E-state index in [9.17, 15) is 4.79 Å². The molecule has 112 valence electrons. The van der Waals surface area contributed by atoms with Gasteiger partial charge in [-0.05, 0) is 6.42 Å². The number of fused-ring (bicyclic) bond motifs is 1. The predicted octanol–water partition coefficient (Wildman–Crippen LogP) is 3.78. The minimum Gasteiger partial charge on any atom is -0.496 e. The third-order valence-corrected chi connectivity index (χ3v) is 2.97. The van der Waals surface area contributed by atoms with E-state index in [-0.39, 0.29) is 0 Å². The van der Waals surface area contributed by atoms with Gasteiger partial charge in [-0.3, -0.25) is 0 Å². The molecule has 0 aliphatic heterocycles. The summed E-state index contributed by atoms with van der Waals surface area (Å²) in [5.74, 6) is 1.39. The molecule has 5 nitrogen and oxygen atoms in total. The molecular formula is C16H18O5. The Hall–Kier alpha value is -2.43. The molecule has 0 amide bonds. The average Bonchev–Trinajstić information content (AvgIpc) is 2.53. The van der Waals surface area contributed by atoms with Gasteiger partial charge in [0.2, 0.25) is 0 Å². The Kier molecular flexibility index (Phi) is 4.87. The molecule has 21 heavy (non-hydrogen) atoms. The van der Waals surface area contributed by atoms with Crippen LogP contribution in [0.5, 0.6) is 17.2 Å². The summed E-state index contributed by atoms with van der Waals surface area (Å²) in [5, 5.41) is 1.56. The van der Waals surface area contributed by atoms with Gasteiger partial charge in [0.1, 0.15) is 5.75 Å². The normalized spacial score (nSPS) is 10.2. The van der Waals surface area contributed by atoms with Crippen LogP contribution < -0.4 is 14.2 Å². The fourth-order valence-electron chi connectivity index (χ4n) is 2.02. The number of rotatable bonds is 5. The Balaban J connectivity index is 2.48. The van der Waals surface area contributed by atoms with Crippen molar-refractivity contribution in [2.24, 2.45) is 0 Å². The summed E-state index contributed by atoms with van der Waals surface area (Å²) in [6, 6.07) is 9.15. The van der Waals surface area contributed by atoms with Gasteiger partial charge in [-0.2, -0.15) is 0 Å². The van der Waals surface area contributed by atoms with Gasteiger partial charge in [-0.15, -0.1) is 0 Å². The highest BCUT2D eigenvalue weighted by atomic mass is 16.7. The zero-order chi connectivity index (χ0) is 15.2. The summed E-state index contributed by atoms with van der Waals surface area (Å²) in [4.78, 5) is 11.7.